The maximum absolute atomic E-state index is 12.1. The van der Waals surface area contributed by atoms with Gasteiger partial charge in [-0.2, -0.15) is 0 Å². The smallest absolute Gasteiger partial charge is 0.219 e. The predicted octanol–water partition coefficient (Wildman–Crippen LogP) is 2.82. The van der Waals surface area contributed by atoms with Gasteiger partial charge in [-0.3, -0.25) is 9.69 Å². The number of amides is 1. The first-order valence-electron chi connectivity index (χ1n) is 10.6. The molecule has 4 rings (SSSR count). The molecule has 2 aliphatic heterocycles. The number of ether oxygens (including phenoxy) is 1. The molecule has 1 N–H and O–H groups in total. The summed E-state index contributed by atoms with van der Waals surface area (Å²) >= 11 is 0. The second-order valence-electron chi connectivity index (χ2n) is 8.33. The average Bonchev–Trinajstić information content (AvgIpc) is 2.95. The molecule has 0 unspecified atom stereocenters. The maximum atomic E-state index is 12.1. The predicted molar refractivity (Wildman–Crippen MR) is 105 cm³/mol. The summed E-state index contributed by atoms with van der Waals surface area (Å²) in [5.74, 6) is 1.03. The minimum Gasteiger partial charge on any atom is -0.488 e. The van der Waals surface area contributed by atoms with Gasteiger partial charge in [-0.05, 0) is 50.7 Å². The highest BCUT2D eigenvalue weighted by atomic mass is 16.5. The summed E-state index contributed by atoms with van der Waals surface area (Å²) in [7, 11) is 0. The van der Waals surface area contributed by atoms with E-state index >= 15 is 0 Å². The number of para-hydroxylation sites is 1. The van der Waals surface area contributed by atoms with E-state index in [1.807, 2.05) is 30.3 Å². The van der Waals surface area contributed by atoms with Crippen LogP contribution in [0.25, 0.3) is 0 Å². The van der Waals surface area contributed by atoms with Crippen LogP contribution in [0.15, 0.2) is 30.3 Å². The zero-order chi connectivity index (χ0) is 18.8. The van der Waals surface area contributed by atoms with Crippen LogP contribution >= 0.6 is 0 Å². The molecule has 1 saturated carbocycles. The third kappa shape index (κ3) is 3.85. The van der Waals surface area contributed by atoms with Crippen LogP contribution in [0.3, 0.4) is 0 Å². The van der Waals surface area contributed by atoms with Crippen molar-refractivity contribution < 1.29 is 14.6 Å². The molecule has 1 aromatic carbocycles. The van der Waals surface area contributed by atoms with Gasteiger partial charge in [-0.15, -0.1) is 0 Å². The van der Waals surface area contributed by atoms with Crippen molar-refractivity contribution in [1.29, 1.82) is 0 Å². The van der Waals surface area contributed by atoms with Crippen molar-refractivity contribution in [3.05, 3.63) is 30.3 Å². The lowest BCUT2D eigenvalue weighted by Gasteiger charge is -2.43. The first kappa shape index (κ1) is 18.8. The molecule has 5 nitrogen and oxygen atoms in total. The van der Waals surface area contributed by atoms with E-state index in [4.69, 9.17) is 4.74 Å². The zero-order valence-electron chi connectivity index (χ0n) is 16.3. The first-order valence-corrected chi connectivity index (χ1v) is 10.6. The molecular formula is C22H32N2O3. The van der Waals surface area contributed by atoms with E-state index in [-0.39, 0.29) is 18.1 Å². The Morgan fingerprint density at radius 1 is 0.963 bits per heavy atom. The molecule has 0 spiro atoms. The molecule has 0 bridgehead atoms. The molecule has 1 amide bonds. The largest absolute Gasteiger partial charge is 0.488 e. The highest BCUT2D eigenvalue weighted by molar-refractivity contribution is 5.73. The fraction of sp³-hybridized carbons (Fsp3) is 0.682. The Balaban J connectivity index is 1.48. The molecule has 27 heavy (non-hydrogen) atoms. The van der Waals surface area contributed by atoms with Crippen molar-refractivity contribution >= 4 is 5.91 Å². The first-order chi connectivity index (χ1) is 13.1. The number of hydrogen-bond acceptors (Lipinski definition) is 4. The molecule has 3 fully saturated rings. The lowest BCUT2D eigenvalue weighted by atomic mass is 9.87. The molecule has 5 atom stereocenters. The number of benzene rings is 1. The van der Waals surface area contributed by atoms with E-state index in [2.05, 4.69) is 9.80 Å². The van der Waals surface area contributed by atoms with Gasteiger partial charge in [0.15, 0.2) is 0 Å². The molecular weight excluding hydrogens is 340 g/mol. The number of nitrogens with zero attached hydrogens (tertiary/aromatic N) is 2. The Kier molecular flexibility index (Phi) is 5.69. The quantitative estimate of drug-likeness (QED) is 0.886. The molecule has 5 heteroatoms. The maximum Gasteiger partial charge on any atom is 0.219 e. The van der Waals surface area contributed by atoms with Crippen LogP contribution in [0.4, 0.5) is 0 Å². The fourth-order valence-electron chi connectivity index (χ4n) is 5.47. The Hall–Kier alpha value is -1.59. The summed E-state index contributed by atoms with van der Waals surface area (Å²) in [5, 5.41) is 11.1. The van der Waals surface area contributed by atoms with E-state index in [9.17, 15) is 9.90 Å². The molecule has 1 aromatic rings. The second kappa shape index (κ2) is 8.19. The summed E-state index contributed by atoms with van der Waals surface area (Å²) in [6, 6.07) is 10.7. The third-order valence-corrected chi connectivity index (χ3v) is 6.73. The summed E-state index contributed by atoms with van der Waals surface area (Å²) in [6.45, 7) is 3.56. The lowest BCUT2D eigenvalue weighted by molar-refractivity contribution is -0.131. The van der Waals surface area contributed by atoms with Crippen molar-refractivity contribution in [3.8, 4) is 5.75 Å². The van der Waals surface area contributed by atoms with Gasteiger partial charge in [-0.25, -0.2) is 0 Å². The van der Waals surface area contributed by atoms with Crippen LogP contribution in [0.1, 0.15) is 51.9 Å². The summed E-state index contributed by atoms with van der Waals surface area (Å²) < 4.78 is 6.14. The fourth-order valence-corrected chi connectivity index (χ4v) is 5.47. The highest BCUT2D eigenvalue weighted by Gasteiger charge is 2.46. The number of aliphatic hydroxyl groups excluding tert-OH is 1. The molecule has 2 heterocycles. The second-order valence-corrected chi connectivity index (χ2v) is 8.33. The summed E-state index contributed by atoms with van der Waals surface area (Å²) in [4.78, 5) is 16.7. The number of hydrogen-bond donors (Lipinski definition) is 1. The molecule has 0 radical (unpaired) electrons. The number of rotatable bonds is 3. The number of likely N-dealkylation sites (tertiary alicyclic amines) is 2. The third-order valence-electron chi connectivity index (χ3n) is 6.73. The molecule has 148 valence electrons. The van der Waals surface area contributed by atoms with E-state index in [1.54, 1.807) is 6.92 Å². The van der Waals surface area contributed by atoms with Crippen LogP contribution < -0.4 is 4.74 Å². The van der Waals surface area contributed by atoms with Gasteiger partial charge >= 0.3 is 0 Å². The van der Waals surface area contributed by atoms with E-state index < -0.39 is 6.10 Å². The van der Waals surface area contributed by atoms with Crippen molar-refractivity contribution in [2.24, 2.45) is 0 Å². The monoisotopic (exact) mass is 372 g/mol. The summed E-state index contributed by atoms with van der Waals surface area (Å²) in [5.41, 5.74) is 0. The molecule has 1 aliphatic carbocycles. The van der Waals surface area contributed by atoms with Crippen LogP contribution in [0, 0.1) is 0 Å². The number of fused-ring (bicyclic) bond motifs is 1. The molecule has 3 aliphatic rings. The van der Waals surface area contributed by atoms with Gasteiger partial charge < -0.3 is 14.7 Å². The Bertz CT molecular complexity index is 638. The van der Waals surface area contributed by atoms with Crippen LogP contribution in [0.5, 0.6) is 5.75 Å². The van der Waals surface area contributed by atoms with Crippen molar-refractivity contribution in [1.82, 2.24) is 9.80 Å². The van der Waals surface area contributed by atoms with Gasteiger partial charge in [0.1, 0.15) is 18.0 Å². The topological polar surface area (TPSA) is 53.0 Å². The highest BCUT2D eigenvalue weighted by Crippen LogP contribution is 2.36. The van der Waals surface area contributed by atoms with E-state index in [1.165, 1.54) is 0 Å². The van der Waals surface area contributed by atoms with Gasteiger partial charge in [0.25, 0.3) is 0 Å². The molecule has 2 saturated heterocycles. The van der Waals surface area contributed by atoms with Gasteiger partial charge in [0.2, 0.25) is 5.91 Å². The number of carbonyl (C=O) groups is 1. The summed E-state index contributed by atoms with van der Waals surface area (Å²) in [6.07, 6.45) is 6.75. The minimum absolute atomic E-state index is 0.134. The molecule has 0 aromatic heterocycles. The minimum atomic E-state index is -0.480. The SMILES string of the molecule is CC(=O)N1CCCC[C@H]2[C@@H]1CCN2[C@H]1CCC[C@@H](Oc2ccccc2)[C@@H]1O. The van der Waals surface area contributed by atoms with Gasteiger partial charge in [0, 0.05) is 38.1 Å². The normalized spacial score (nSPS) is 34.7. The van der Waals surface area contributed by atoms with Crippen molar-refractivity contribution in [2.75, 3.05) is 13.1 Å². The van der Waals surface area contributed by atoms with Gasteiger partial charge in [-0.1, -0.05) is 24.6 Å². The van der Waals surface area contributed by atoms with Crippen molar-refractivity contribution in [3.63, 3.8) is 0 Å². The number of aliphatic hydroxyl groups is 1. The van der Waals surface area contributed by atoms with Gasteiger partial charge in [0.05, 0.1) is 0 Å². The zero-order valence-corrected chi connectivity index (χ0v) is 16.3. The Morgan fingerprint density at radius 2 is 1.74 bits per heavy atom. The van der Waals surface area contributed by atoms with Crippen LogP contribution in [-0.4, -0.2) is 64.2 Å². The van der Waals surface area contributed by atoms with E-state index in [0.717, 1.165) is 63.8 Å². The number of carbonyl (C=O) groups excluding carboxylic acids is 1. The van der Waals surface area contributed by atoms with Crippen molar-refractivity contribution in [2.45, 2.75) is 82.2 Å². The van der Waals surface area contributed by atoms with Crippen LogP contribution in [0.2, 0.25) is 0 Å². The lowest BCUT2D eigenvalue weighted by Crippen LogP contribution is -2.56. The Morgan fingerprint density at radius 3 is 2.52 bits per heavy atom. The standard InChI is InChI=1S/C22H32N2O3/c1-16(25)23-14-6-5-10-18-19(23)13-15-24(18)20-11-7-12-21(22(20)26)27-17-8-3-2-4-9-17/h2-4,8-9,18-22,26H,5-7,10-15H2,1H3/t18-,19-,20-,21+,22+/m0/s1. The Labute approximate surface area is 162 Å². The van der Waals surface area contributed by atoms with E-state index in [0.29, 0.717) is 12.1 Å². The van der Waals surface area contributed by atoms with Crippen LogP contribution in [-0.2, 0) is 4.79 Å². The average molecular weight is 373 g/mol.